The van der Waals surface area contributed by atoms with Gasteiger partial charge in [0.25, 0.3) is 0 Å². The van der Waals surface area contributed by atoms with Crippen LogP contribution < -0.4 is 10.3 Å². The maximum atomic E-state index is 10.7. The van der Waals surface area contributed by atoms with Crippen molar-refractivity contribution in [1.82, 2.24) is 9.78 Å². The second-order valence-electron chi connectivity index (χ2n) is 1.75. The summed E-state index contributed by atoms with van der Waals surface area (Å²) in [5.74, 6) is 0.345. The lowest BCUT2D eigenvalue weighted by atomic mass is 10.6. The van der Waals surface area contributed by atoms with E-state index in [4.69, 9.17) is 4.74 Å². The summed E-state index contributed by atoms with van der Waals surface area (Å²) in [5.41, 5.74) is -0.194. The van der Waals surface area contributed by atoms with Crippen molar-refractivity contribution in [3.63, 3.8) is 0 Å². The number of methoxy groups -OCH3 is 1. The summed E-state index contributed by atoms with van der Waals surface area (Å²) in [6.07, 6.45) is 1.59. The molecular weight excluding hydrogens is 120 g/mol. The highest BCUT2D eigenvalue weighted by Gasteiger charge is 1.97. The van der Waals surface area contributed by atoms with Crippen LogP contribution in [0.5, 0.6) is 5.75 Å². The van der Waals surface area contributed by atoms with E-state index in [0.717, 1.165) is 0 Å². The molecule has 9 heavy (non-hydrogen) atoms. The normalized spacial score (nSPS) is 9.56. The highest BCUT2D eigenvalue weighted by Crippen LogP contribution is 1.96. The van der Waals surface area contributed by atoms with E-state index in [-0.39, 0.29) is 5.56 Å². The van der Waals surface area contributed by atoms with Gasteiger partial charge in [0.2, 0.25) is 5.75 Å². The first kappa shape index (κ1) is 5.94. The van der Waals surface area contributed by atoms with Gasteiger partial charge in [-0.25, -0.2) is 0 Å². The summed E-state index contributed by atoms with van der Waals surface area (Å²) in [5, 5.41) is 2.49. The van der Waals surface area contributed by atoms with Crippen molar-refractivity contribution in [2.45, 2.75) is 0 Å². The molecule has 1 aromatic heterocycles. The monoisotopic (exact) mass is 128 g/mol. The molecule has 1 rings (SSSR count). The van der Waals surface area contributed by atoms with Gasteiger partial charge in [0.05, 0.1) is 13.3 Å². The Labute approximate surface area is 52.0 Å². The molecule has 0 bridgehead atoms. The maximum Gasteiger partial charge on any atom is 0.306 e. The molecule has 0 radical (unpaired) electrons. The van der Waals surface area contributed by atoms with Gasteiger partial charge < -0.3 is 4.74 Å². The Morgan fingerprint density at radius 2 is 2.44 bits per heavy atom. The molecule has 0 aliphatic heterocycles. The number of nitrogens with zero attached hydrogens (tertiary/aromatic N) is 1. The summed E-state index contributed by atoms with van der Waals surface area (Å²) >= 11 is 0. The number of aromatic amines is 1. The van der Waals surface area contributed by atoms with Gasteiger partial charge in [-0.05, 0) is 0 Å². The average molecular weight is 128 g/mol. The van der Waals surface area contributed by atoms with Gasteiger partial charge in [0.15, 0.2) is 0 Å². The topological polar surface area (TPSA) is 47.0 Å². The fourth-order valence-corrected chi connectivity index (χ4v) is 0.627. The van der Waals surface area contributed by atoms with Gasteiger partial charge in [-0.3, -0.25) is 14.6 Å². The Morgan fingerprint density at radius 1 is 1.78 bits per heavy atom. The quantitative estimate of drug-likeness (QED) is 0.565. The molecular formula is C5H8N2O2. The van der Waals surface area contributed by atoms with E-state index in [2.05, 4.69) is 5.10 Å². The lowest BCUT2D eigenvalue weighted by molar-refractivity contribution is 0.410. The van der Waals surface area contributed by atoms with E-state index in [1.807, 2.05) is 0 Å². The van der Waals surface area contributed by atoms with Crippen LogP contribution in [0, 0.1) is 0 Å². The van der Waals surface area contributed by atoms with Crippen LogP contribution in [0.4, 0.5) is 0 Å². The van der Waals surface area contributed by atoms with E-state index in [1.165, 1.54) is 7.11 Å². The number of hydrogen-bond donors (Lipinski definition) is 1. The van der Waals surface area contributed by atoms with Crippen LogP contribution >= 0.6 is 0 Å². The van der Waals surface area contributed by atoms with Crippen molar-refractivity contribution in [1.29, 1.82) is 0 Å². The third kappa shape index (κ3) is 0.960. The van der Waals surface area contributed by atoms with Crippen LogP contribution in [0.15, 0.2) is 11.0 Å². The van der Waals surface area contributed by atoms with Crippen molar-refractivity contribution in [3.8, 4) is 5.75 Å². The van der Waals surface area contributed by atoms with Crippen molar-refractivity contribution < 1.29 is 4.74 Å². The average Bonchev–Trinajstić information content (AvgIpc) is 2.10. The van der Waals surface area contributed by atoms with Crippen LogP contribution in [-0.4, -0.2) is 16.9 Å². The maximum absolute atomic E-state index is 10.7. The summed E-state index contributed by atoms with van der Waals surface area (Å²) in [4.78, 5) is 10.7. The van der Waals surface area contributed by atoms with E-state index in [1.54, 1.807) is 17.9 Å². The molecule has 1 aromatic rings. The van der Waals surface area contributed by atoms with Gasteiger partial charge in [0.1, 0.15) is 0 Å². The first-order chi connectivity index (χ1) is 4.24. The molecule has 1 N–H and O–H groups in total. The number of rotatable bonds is 1. The highest BCUT2D eigenvalue weighted by molar-refractivity contribution is 5.11. The molecule has 4 nitrogen and oxygen atoms in total. The van der Waals surface area contributed by atoms with Crippen LogP contribution in [0.2, 0.25) is 0 Å². The third-order valence-electron chi connectivity index (χ3n) is 1.03. The van der Waals surface area contributed by atoms with Crippen LogP contribution in [-0.2, 0) is 7.05 Å². The zero-order chi connectivity index (χ0) is 6.85. The minimum Gasteiger partial charge on any atom is -0.490 e. The predicted molar refractivity (Wildman–Crippen MR) is 32.6 cm³/mol. The number of aryl methyl sites for hydroxylation is 1. The van der Waals surface area contributed by atoms with Crippen molar-refractivity contribution in [2.75, 3.05) is 7.11 Å². The largest absolute Gasteiger partial charge is 0.490 e. The molecule has 4 heteroatoms. The first-order valence-corrected chi connectivity index (χ1v) is 2.53. The molecule has 0 saturated carbocycles. The molecule has 0 fully saturated rings. The Hall–Kier alpha value is -1.19. The molecule has 0 amide bonds. The highest BCUT2D eigenvalue weighted by atomic mass is 16.5. The fourth-order valence-electron chi connectivity index (χ4n) is 0.627. The van der Waals surface area contributed by atoms with Gasteiger partial charge in [-0.2, -0.15) is 0 Å². The molecule has 1 heterocycles. The smallest absolute Gasteiger partial charge is 0.306 e. The lowest BCUT2D eigenvalue weighted by Gasteiger charge is -1.86. The molecule has 50 valence electrons. The number of nitrogens with one attached hydrogen (secondary N) is 1. The number of aromatic nitrogens is 2. The summed E-state index contributed by atoms with van der Waals surface area (Å²) in [6.45, 7) is 0. The number of ether oxygens (including phenoxy) is 1. The molecule has 0 spiro atoms. The molecule has 0 atom stereocenters. The SMILES string of the molecule is COc1cn(C)[nH]c1=O. The third-order valence-corrected chi connectivity index (χ3v) is 1.03. The Morgan fingerprint density at radius 3 is 2.67 bits per heavy atom. The van der Waals surface area contributed by atoms with E-state index < -0.39 is 0 Å². The van der Waals surface area contributed by atoms with Gasteiger partial charge in [0, 0.05) is 7.05 Å². The Kier molecular flexibility index (Phi) is 1.30. The van der Waals surface area contributed by atoms with Crippen molar-refractivity contribution in [3.05, 3.63) is 16.6 Å². The summed E-state index contributed by atoms with van der Waals surface area (Å²) in [6, 6.07) is 0. The second kappa shape index (κ2) is 1.97. The number of hydrogen-bond acceptors (Lipinski definition) is 2. The van der Waals surface area contributed by atoms with Crippen molar-refractivity contribution >= 4 is 0 Å². The predicted octanol–water partition coefficient (Wildman–Crippen LogP) is -0.278. The molecule has 0 unspecified atom stereocenters. The minimum atomic E-state index is -0.194. The lowest BCUT2D eigenvalue weighted by Crippen LogP contribution is -2.03. The summed E-state index contributed by atoms with van der Waals surface area (Å²) < 4.78 is 6.24. The van der Waals surface area contributed by atoms with E-state index >= 15 is 0 Å². The van der Waals surface area contributed by atoms with Crippen LogP contribution in [0.25, 0.3) is 0 Å². The Balaban J connectivity index is 3.16. The number of H-pyrrole nitrogens is 1. The van der Waals surface area contributed by atoms with Crippen LogP contribution in [0.1, 0.15) is 0 Å². The molecule has 0 aromatic carbocycles. The Bertz CT molecular complexity index is 248. The van der Waals surface area contributed by atoms with Gasteiger partial charge in [-0.1, -0.05) is 0 Å². The standard InChI is InChI=1S/C5H8N2O2/c1-7-3-4(9-2)5(8)6-7/h3H,1-2H3,(H,6,8). The van der Waals surface area contributed by atoms with Gasteiger partial charge >= 0.3 is 5.56 Å². The molecule has 0 saturated heterocycles. The molecule has 0 aliphatic carbocycles. The van der Waals surface area contributed by atoms with E-state index in [9.17, 15) is 4.79 Å². The fraction of sp³-hybridized carbons (Fsp3) is 0.400. The molecule has 0 aliphatic rings. The van der Waals surface area contributed by atoms with Gasteiger partial charge in [-0.15, -0.1) is 0 Å². The van der Waals surface area contributed by atoms with Crippen LogP contribution in [0.3, 0.4) is 0 Å². The zero-order valence-electron chi connectivity index (χ0n) is 5.34. The summed E-state index contributed by atoms with van der Waals surface area (Å²) in [7, 11) is 3.19. The first-order valence-electron chi connectivity index (χ1n) is 2.53. The minimum absolute atomic E-state index is 0.194. The van der Waals surface area contributed by atoms with E-state index in [0.29, 0.717) is 5.75 Å². The zero-order valence-corrected chi connectivity index (χ0v) is 5.34. The second-order valence-corrected chi connectivity index (χ2v) is 1.75. The van der Waals surface area contributed by atoms with Crippen molar-refractivity contribution in [2.24, 2.45) is 7.05 Å².